The van der Waals surface area contributed by atoms with Crippen molar-refractivity contribution in [2.75, 3.05) is 13.2 Å². The van der Waals surface area contributed by atoms with E-state index in [0.717, 1.165) is 0 Å². The van der Waals surface area contributed by atoms with E-state index < -0.39 is 17.9 Å². The van der Waals surface area contributed by atoms with E-state index in [1.807, 2.05) is 24.7 Å². The molecule has 7 N–H and O–H groups in total. The van der Waals surface area contributed by atoms with Crippen molar-refractivity contribution in [2.24, 2.45) is 23.5 Å². The maximum atomic E-state index is 11.6. The molecule has 0 saturated carbocycles. The van der Waals surface area contributed by atoms with Crippen LogP contribution in [0.3, 0.4) is 0 Å². The molecule has 8 nitrogen and oxygen atoms in total. The predicted octanol–water partition coefficient (Wildman–Crippen LogP) is -1.21. The lowest BCUT2D eigenvalue weighted by molar-refractivity contribution is -0.127. The molecule has 0 spiro atoms. The highest BCUT2D eigenvalue weighted by atomic mass is 16.5. The average Bonchev–Trinajstić information content (AvgIpc) is 2.41. The van der Waals surface area contributed by atoms with Crippen LogP contribution in [0, 0.1) is 11.8 Å². The molecule has 0 aromatic rings. The third-order valence-corrected chi connectivity index (χ3v) is 2.71. The molecule has 0 rings (SSSR count). The van der Waals surface area contributed by atoms with Gasteiger partial charge in [0, 0.05) is 18.9 Å². The largest absolute Gasteiger partial charge is 0.391 e. The number of hydrogen-bond donors (Lipinski definition) is 5. The summed E-state index contributed by atoms with van der Waals surface area (Å²) >= 11 is 0. The Hall–Kier alpha value is -1.22. The van der Waals surface area contributed by atoms with E-state index in [0.29, 0.717) is 12.5 Å². The van der Waals surface area contributed by atoms with Gasteiger partial charge in [0.2, 0.25) is 11.8 Å². The standard InChI is InChI=1S/C12H26N4O4/c1-8(2)6-20-7-10(17)5-9(12(19)16-14)3-4-11(18)15-13/h8-10,17H,3-7,13-14H2,1-2H3,(H,15,18)(H,16,19). The van der Waals surface area contributed by atoms with Gasteiger partial charge in [0.15, 0.2) is 0 Å². The summed E-state index contributed by atoms with van der Waals surface area (Å²) in [7, 11) is 0. The smallest absolute Gasteiger partial charge is 0.237 e. The molecular weight excluding hydrogens is 264 g/mol. The number of aliphatic hydroxyl groups excluding tert-OH is 1. The van der Waals surface area contributed by atoms with Crippen LogP contribution in [0.25, 0.3) is 0 Å². The van der Waals surface area contributed by atoms with Crippen molar-refractivity contribution in [1.82, 2.24) is 10.9 Å². The Labute approximate surface area is 119 Å². The molecular formula is C12H26N4O4. The first-order valence-electron chi connectivity index (χ1n) is 6.66. The van der Waals surface area contributed by atoms with Crippen LogP contribution in [0.15, 0.2) is 0 Å². The summed E-state index contributed by atoms with van der Waals surface area (Å²) < 4.78 is 5.31. The second-order valence-corrected chi connectivity index (χ2v) is 5.13. The Morgan fingerprint density at radius 3 is 2.35 bits per heavy atom. The van der Waals surface area contributed by atoms with Crippen molar-refractivity contribution in [2.45, 2.75) is 39.2 Å². The minimum atomic E-state index is -0.781. The minimum Gasteiger partial charge on any atom is -0.391 e. The van der Waals surface area contributed by atoms with Gasteiger partial charge in [0.05, 0.1) is 12.7 Å². The Morgan fingerprint density at radius 2 is 1.85 bits per heavy atom. The maximum absolute atomic E-state index is 11.6. The zero-order valence-corrected chi connectivity index (χ0v) is 12.1. The van der Waals surface area contributed by atoms with E-state index in [4.69, 9.17) is 16.4 Å². The van der Waals surface area contributed by atoms with Gasteiger partial charge in [-0.25, -0.2) is 11.7 Å². The van der Waals surface area contributed by atoms with Gasteiger partial charge in [-0.2, -0.15) is 0 Å². The number of nitrogens with one attached hydrogen (secondary N) is 2. The average molecular weight is 290 g/mol. The van der Waals surface area contributed by atoms with Crippen LogP contribution in [0.1, 0.15) is 33.1 Å². The summed E-state index contributed by atoms with van der Waals surface area (Å²) in [6, 6.07) is 0. The predicted molar refractivity (Wildman–Crippen MR) is 73.7 cm³/mol. The van der Waals surface area contributed by atoms with E-state index in [9.17, 15) is 14.7 Å². The molecule has 118 valence electrons. The first-order chi connectivity index (χ1) is 9.40. The van der Waals surface area contributed by atoms with Crippen molar-refractivity contribution in [3.8, 4) is 0 Å². The normalized spacial score (nSPS) is 13.9. The third-order valence-electron chi connectivity index (χ3n) is 2.71. The first-order valence-corrected chi connectivity index (χ1v) is 6.66. The Kier molecular flexibility index (Phi) is 9.91. The molecule has 0 radical (unpaired) electrons. The number of carbonyl (C=O) groups is 2. The second-order valence-electron chi connectivity index (χ2n) is 5.13. The van der Waals surface area contributed by atoms with Crippen LogP contribution >= 0.6 is 0 Å². The molecule has 0 saturated heterocycles. The van der Waals surface area contributed by atoms with Gasteiger partial charge in [0.1, 0.15) is 0 Å². The maximum Gasteiger partial charge on any atom is 0.237 e. The fraction of sp³-hybridized carbons (Fsp3) is 0.833. The molecule has 8 heteroatoms. The molecule has 0 heterocycles. The quantitative estimate of drug-likeness (QED) is 0.194. The molecule has 0 fully saturated rings. The van der Waals surface area contributed by atoms with Crippen molar-refractivity contribution >= 4 is 11.8 Å². The fourth-order valence-corrected chi connectivity index (χ4v) is 1.69. The summed E-state index contributed by atoms with van der Waals surface area (Å²) in [6.07, 6.45) is -0.252. The number of nitrogens with two attached hydrogens (primary N) is 2. The minimum absolute atomic E-state index is 0.0914. The monoisotopic (exact) mass is 290 g/mol. The lowest BCUT2D eigenvalue weighted by atomic mass is 9.95. The van der Waals surface area contributed by atoms with Crippen LogP contribution in [-0.4, -0.2) is 36.2 Å². The zero-order chi connectivity index (χ0) is 15.5. The molecule has 20 heavy (non-hydrogen) atoms. The van der Waals surface area contributed by atoms with Crippen LogP contribution in [0.2, 0.25) is 0 Å². The van der Waals surface area contributed by atoms with Gasteiger partial charge in [-0.1, -0.05) is 13.8 Å². The number of carbonyl (C=O) groups excluding carboxylic acids is 2. The van der Waals surface area contributed by atoms with Crippen molar-refractivity contribution in [3.05, 3.63) is 0 Å². The Balaban J connectivity index is 4.20. The highest BCUT2D eigenvalue weighted by molar-refractivity contribution is 5.80. The molecule has 0 aliphatic heterocycles. The third kappa shape index (κ3) is 8.81. The van der Waals surface area contributed by atoms with Crippen molar-refractivity contribution < 1.29 is 19.4 Å². The Bertz CT molecular complexity index is 299. The van der Waals surface area contributed by atoms with E-state index in [1.54, 1.807) is 0 Å². The second kappa shape index (κ2) is 10.6. The highest BCUT2D eigenvalue weighted by Crippen LogP contribution is 2.14. The molecule has 2 amide bonds. The summed E-state index contributed by atoms with van der Waals surface area (Å²) in [5.41, 5.74) is 4.02. The van der Waals surface area contributed by atoms with Crippen molar-refractivity contribution in [1.29, 1.82) is 0 Å². The lowest BCUT2D eigenvalue weighted by Gasteiger charge is -2.19. The first kappa shape index (κ1) is 18.8. The fourth-order valence-electron chi connectivity index (χ4n) is 1.69. The van der Waals surface area contributed by atoms with Gasteiger partial charge in [0.25, 0.3) is 0 Å². The summed E-state index contributed by atoms with van der Waals surface area (Å²) in [5, 5.41) is 9.83. The summed E-state index contributed by atoms with van der Waals surface area (Å²) in [4.78, 5) is 22.7. The van der Waals surface area contributed by atoms with Gasteiger partial charge in [-0.3, -0.25) is 20.4 Å². The molecule has 0 aliphatic carbocycles. The summed E-state index contributed by atoms with van der Waals surface area (Å²) in [6.45, 7) is 4.70. The molecule has 0 aromatic heterocycles. The van der Waals surface area contributed by atoms with Gasteiger partial charge in [-0.15, -0.1) is 0 Å². The van der Waals surface area contributed by atoms with Crippen LogP contribution in [0.5, 0.6) is 0 Å². The van der Waals surface area contributed by atoms with Crippen molar-refractivity contribution in [3.63, 3.8) is 0 Å². The number of hydrogen-bond acceptors (Lipinski definition) is 6. The molecule has 0 aliphatic rings. The number of hydrazine groups is 2. The van der Waals surface area contributed by atoms with E-state index in [2.05, 4.69) is 0 Å². The van der Waals surface area contributed by atoms with E-state index in [-0.39, 0.29) is 31.8 Å². The zero-order valence-electron chi connectivity index (χ0n) is 12.1. The number of amides is 2. The molecule has 2 unspecified atom stereocenters. The van der Waals surface area contributed by atoms with Crippen LogP contribution < -0.4 is 22.5 Å². The van der Waals surface area contributed by atoms with Gasteiger partial charge >= 0.3 is 0 Å². The van der Waals surface area contributed by atoms with Crippen LogP contribution in [-0.2, 0) is 14.3 Å². The van der Waals surface area contributed by atoms with Crippen LogP contribution in [0.4, 0.5) is 0 Å². The number of aliphatic hydroxyl groups is 1. The van der Waals surface area contributed by atoms with E-state index >= 15 is 0 Å². The SMILES string of the molecule is CC(C)COCC(O)CC(CCC(=O)NN)C(=O)NN. The molecule has 0 bridgehead atoms. The molecule has 2 atom stereocenters. The summed E-state index contributed by atoms with van der Waals surface area (Å²) in [5.74, 6) is 9.08. The van der Waals surface area contributed by atoms with Gasteiger partial charge in [-0.05, 0) is 18.8 Å². The molecule has 0 aromatic carbocycles. The topological polar surface area (TPSA) is 140 Å². The van der Waals surface area contributed by atoms with E-state index in [1.165, 1.54) is 0 Å². The number of ether oxygens (including phenoxy) is 1. The van der Waals surface area contributed by atoms with Gasteiger partial charge < -0.3 is 9.84 Å². The number of rotatable bonds is 10. The Morgan fingerprint density at radius 1 is 1.20 bits per heavy atom. The highest BCUT2D eigenvalue weighted by Gasteiger charge is 2.22. The lowest BCUT2D eigenvalue weighted by Crippen LogP contribution is -2.39.